The van der Waals surface area contributed by atoms with Crippen molar-refractivity contribution in [2.45, 2.75) is 52.2 Å². The molecular formula is C35H40N6O. The van der Waals surface area contributed by atoms with E-state index >= 15 is 0 Å². The standard InChI is InChI=1S/C35H40N6O/c1-3-19-41(20-4-2)25-27-11-15-31(16-12-27)40-35(42)28-13-9-26(10-14-28)23-38-33(22-34-36-17-18-37-34)32-21-29-7-5-6-8-30(29)24-39-32/h5-18,21,24,33,38H,3-4,19-20,22-23,25H2,1-2H3,(H,36,37)(H,40,42). The fourth-order valence-corrected chi connectivity index (χ4v) is 5.25. The van der Waals surface area contributed by atoms with Crippen molar-refractivity contribution < 1.29 is 4.79 Å². The summed E-state index contributed by atoms with van der Waals surface area (Å²) in [4.78, 5) is 27.8. The Hall–Kier alpha value is -4.33. The number of nitrogens with one attached hydrogen (secondary N) is 3. The monoisotopic (exact) mass is 560 g/mol. The number of aromatic amines is 1. The molecular weight excluding hydrogens is 520 g/mol. The van der Waals surface area contributed by atoms with E-state index in [2.05, 4.69) is 69.7 Å². The van der Waals surface area contributed by atoms with Gasteiger partial charge >= 0.3 is 0 Å². The third kappa shape index (κ3) is 7.90. The molecule has 216 valence electrons. The number of hydrogen-bond acceptors (Lipinski definition) is 5. The zero-order chi connectivity index (χ0) is 29.1. The number of rotatable bonds is 14. The molecule has 0 aliphatic rings. The fraction of sp³-hybridized carbons (Fsp3) is 0.286. The predicted molar refractivity (Wildman–Crippen MR) is 170 cm³/mol. The van der Waals surface area contributed by atoms with E-state index in [-0.39, 0.29) is 11.9 Å². The van der Waals surface area contributed by atoms with Crippen molar-refractivity contribution in [2.24, 2.45) is 0 Å². The van der Waals surface area contributed by atoms with Gasteiger partial charge in [0, 0.05) is 54.7 Å². The minimum atomic E-state index is -0.114. The number of fused-ring (bicyclic) bond motifs is 1. The molecule has 0 bridgehead atoms. The van der Waals surface area contributed by atoms with E-state index in [1.807, 2.05) is 60.9 Å². The van der Waals surface area contributed by atoms with Crippen LogP contribution in [0.25, 0.3) is 10.8 Å². The van der Waals surface area contributed by atoms with Crippen LogP contribution in [0.1, 0.15) is 65.7 Å². The lowest BCUT2D eigenvalue weighted by atomic mass is 10.0. The van der Waals surface area contributed by atoms with Crippen molar-refractivity contribution in [3.05, 3.63) is 126 Å². The number of H-pyrrole nitrogens is 1. The third-order valence-electron chi connectivity index (χ3n) is 7.43. The number of hydrogen-bond donors (Lipinski definition) is 3. The molecule has 5 aromatic rings. The van der Waals surface area contributed by atoms with Crippen LogP contribution in [-0.2, 0) is 19.5 Å². The van der Waals surface area contributed by atoms with E-state index in [1.54, 1.807) is 6.20 Å². The number of pyridine rings is 1. The molecule has 3 N–H and O–H groups in total. The van der Waals surface area contributed by atoms with E-state index in [1.165, 1.54) is 5.56 Å². The summed E-state index contributed by atoms with van der Waals surface area (Å²) < 4.78 is 0. The minimum absolute atomic E-state index is 0.0253. The van der Waals surface area contributed by atoms with Crippen LogP contribution >= 0.6 is 0 Å². The minimum Gasteiger partial charge on any atom is -0.349 e. The topological polar surface area (TPSA) is 85.9 Å². The molecule has 7 nitrogen and oxygen atoms in total. The molecule has 1 amide bonds. The Morgan fingerprint density at radius 1 is 0.881 bits per heavy atom. The van der Waals surface area contributed by atoms with Gasteiger partial charge in [-0.1, -0.05) is 62.4 Å². The summed E-state index contributed by atoms with van der Waals surface area (Å²) in [5.74, 6) is 0.790. The molecule has 0 aliphatic heterocycles. The molecule has 0 saturated heterocycles. The van der Waals surface area contributed by atoms with Crippen LogP contribution in [0.4, 0.5) is 5.69 Å². The average molecular weight is 561 g/mol. The van der Waals surface area contributed by atoms with Gasteiger partial charge in [-0.05, 0) is 72.8 Å². The van der Waals surface area contributed by atoms with Crippen LogP contribution in [0, 0.1) is 0 Å². The van der Waals surface area contributed by atoms with Crippen molar-refractivity contribution in [3.63, 3.8) is 0 Å². The number of amides is 1. The fourth-order valence-electron chi connectivity index (χ4n) is 5.25. The lowest BCUT2D eigenvalue weighted by Crippen LogP contribution is -2.24. The number of carbonyl (C=O) groups is 1. The molecule has 3 aromatic carbocycles. The van der Waals surface area contributed by atoms with Gasteiger partial charge in [-0.15, -0.1) is 0 Å². The number of carbonyl (C=O) groups excluding carboxylic acids is 1. The molecule has 1 atom stereocenters. The number of imidazole rings is 1. The summed E-state index contributed by atoms with van der Waals surface area (Å²) in [5.41, 5.74) is 4.75. The summed E-state index contributed by atoms with van der Waals surface area (Å²) in [5, 5.41) is 8.96. The first kappa shape index (κ1) is 29.2. The maximum Gasteiger partial charge on any atom is 0.255 e. The summed E-state index contributed by atoms with van der Waals surface area (Å²) in [6.07, 6.45) is 8.52. The lowest BCUT2D eigenvalue weighted by Gasteiger charge is -2.21. The highest BCUT2D eigenvalue weighted by Crippen LogP contribution is 2.21. The van der Waals surface area contributed by atoms with Gasteiger partial charge in [0.25, 0.3) is 5.91 Å². The summed E-state index contributed by atoms with van der Waals surface area (Å²) in [6, 6.07) is 26.3. The van der Waals surface area contributed by atoms with Gasteiger partial charge in [-0.3, -0.25) is 14.7 Å². The first-order chi connectivity index (χ1) is 20.6. The maximum atomic E-state index is 12.9. The second kappa shape index (κ2) is 14.5. The second-order valence-corrected chi connectivity index (χ2v) is 10.8. The Morgan fingerprint density at radius 2 is 1.60 bits per heavy atom. The van der Waals surface area contributed by atoms with Gasteiger partial charge in [0.15, 0.2) is 0 Å². The molecule has 1 unspecified atom stereocenters. The zero-order valence-electron chi connectivity index (χ0n) is 24.5. The highest BCUT2D eigenvalue weighted by Gasteiger charge is 2.16. The van der Waals surface area contributed by atoms with Crippen molar-refractivity contribution in [1.29, 1.82) is 0 Å². The van der Waals surface area contributed by atoms with Crippen LogP contribution < -0.4 is 10.6 Å². The molecule has 7 heteroatoms. The summed E-state index contributed by atoms with van der Waals surface area (Å²) in [7, 11) is 0. The summed E-state index contributed by atoms with van der Waals surface area (Å²) >= 11 is 0. The van der Waals surface area contributed by atoms with Crippen molar-refractivity contribution >= 4 is 22.4 Å². The van der Waals surface area contributed by atoms with Gasteiger partial charge in [0.1, 0.15) is 5.82 Å². The van der Waals surface area contributed by atoms with E-state index < -0.39 is 0 Å². The second-order valence-electron chi connectivity index (χ2n) is 10.8. The predicted octanol–water partition coefficient (Wildman–Crippen LogP) is 6.91. The van der Waals surface area contributed by atoms with Crippen LogP contribution in [0.3, 0.4) is 0 Å². The summed E-state index contributed by atoms with van der Waals surface area (Å²) in [6.45, 7) is 8.20. The zero-order valence-corrected chi connectivity index (χ0v) is 24.5. The highest BCUT2D eigenvalue weighted by molar-refractivity contribution is 6.04. The smallest absolute Gasteiger partial charge is 0.255 e. The molecule has 0 radical (unpaired) electrons. The molecule has 0 fully saturated rings. The van der Waals surface area contributed by atoms with Crippen LogP contribution in [0.15, 0.2) is 97.5 Å². The highest BCUT2D eigenvalue weighted by atomic mass is 16.1. The van der Waals surface area contributed by atoms with Crippen molar-refractivity contribution in [1.82, 2.24) is 25.2 Å². The van der Waals surface area contributed by atoms with Crippen LogP contribution in [0.2, 0.25) is 0 Å². The van der Waals surface area contributed by atoms with Crippen LogP contribution in [-0.4, -0.2) is 38.8 Å². The van der Waals surface area contributed by atoms with Gasteiger partial charge in [0.2, 0.25) is 0 Å². The first-order valence-electron chi connectivity index (χ1n) is 14.9. The number of anilines is 1. The number of benzene rings is 3. The van der Waals surface area contributed by atoms with E-state index in [4.69, 9.17) is 4.98 Å². The third-order valence-corrected chi connectivity index (χ3v) is 7.43. The molecule has 2 heterocycles. The SMILES string of the molecule is CCCN(CCC)Cc1ccc(NC(=O)c2ccc(CNC(Cc3ncc[nH]3)c3cc4ccccc4cn3)cc2)cc1. The largest absolute Gasteiger partial charge is 0.349 e. The Bertz CT molecular complexity index is 1540. The number of nitrogens with zero attached hydrogens (tertiary/aromatic N) is 3. The Kier molecular flexibility index (Phi) is 10.1. The molecule has 0 saturated carbocycles. The van der Waals surface area contributed by atoms with Crippen molar-refractivity contribution in [3.8, 4) is 0 Å². The van der Waals surface area contributed by atoms with Crippen molar-refractivity contribution in [2.75, 3.05) is 18.4 Å². The maximum absolute atomic E-state index is 12.9. The van der Waals surface area contributed by atoms with E-state index in [9.17, 15) is 4.79 Å². The quantitative estimate of drug-likeness (QED) is 0.137. The lowest BCUT2D eigenvalue weighted by molar-refractivity contribution is 0.102. The van der Waals surface area contributed by atoms with Gasteiger partial charge in [-0.25, -0.2) is 4.98 Å². The molecule has 0 aliphatic carbocycles. The Labute approximate surface area is 248 Å². The number of aromatic nitrogens is 3. The molecule has 2 aromatic heterocycles. The Balaban J connectivity index is 1.19. The van der Waals surface area contributed by atoms with Gasteiger partial charge < -0.3 is 15.6 Å². The normalized spacial score (nSPS) is 12.1. The first-order valence-corrected chi connectivity index (χ1v) is 14.9. The Morgan fingerprint density at radius 3 is 2.29 bits per heavy atom. The van der Waals surface area contributed by atoms with Gasteiger partial charge in [-0.2, -0.15) is 0 Å². The molecule has 5 rings (SSSR count). The molecule has 0 spiro atoms. The van der Waals surface area contributed by atoms with E-state index in [0.29, 0.717) is 18.5 Å². The average Bonchev–Trinajstić information content (AvgIpc) is 3.54. The molecule has 42 heavy (non-hydrogen) atoms. The van der Waals surface area contributed by atoms with Gasteiger partial charge in [0.05, 0.1) is 11.7 Å². The van der Waals surface area contributed by atoms with Crippen LogP contribution in [0.5, 0.6) is 0 Å². The van der Waals surface area contributed by atoms with E-state index in [0.717, 1.165) is 66.0 Å².